The molecule has 4 aromatic rings. The van der Waals surface area contributed by atoms with Crippen molar-refractivity contribution >= 4 is 16.9 Å². The smallest absolute Gasteiger partial charge is 0.487 e. The third-order valence-corrected chi connectivity index (χ3v) is 4.80. The Kier molecular flexibility index (Phi) is 5.52. The topological polar surface area (TPSA) is 78.5 Å². The Labute approximate surface area is 180 Å². The summed E-state index contributed by atoms with van der Waals surface area (Å²) in [7, 11) is 1.74. The molecule has 0 saturated heterocycles. The van der Waals surface area contributed by atoms with Crippen LogP contribution in [0.15, 0.2) is 60.8 Å². The average molecular weight is 445 g/mol. The molecule has 0 unspecified atom stereocenters. The fourth-order valence-corrected chi connectivity index (χ4v) is 3.30. The quantitative estimate of drug-likeness (QED) is 0.450. The molecule has 2 heterocycles. The van der Waals surface area contributed by atoms with Crippen molar-refractivity contribution in [3.63, 3.8) is 0 Å². The van der Waals surface area contributed by atoms with E-state index in [4.69, 9.17) is 9.84 Å². The minimum atomic E-state index is -4.74. The van der Waals surface area contributed by atoms with Gasteiger partial charge in [0.05, 0.1) is 16.9 Å². The van der Waals surface area contributed by atoms with Crippen LogP contribution in [-0.4, -0.2) is 31.8 Å². The maximum atomic E-state index is 12.3. The van der Waals surface area contributed by atoms with E-state index in [-0.39, 0.29) is 18.9 Å². The Hall–Kier alpha value is -3.95. The Morgan fingerprint density at radius 1 is 1.06 bits per heavy atom. The highest BCUT2D eigenvalue weighted by Crippen LogP contribution is 2.27. The van der Waals surface area contributed by atoms with Crippen LogP contribution in [0.1, 0.15) is 5.69 Å². The van der Waals surface area contributed by atoms with Gasteiger partial charge in [-0.25, -0.2) is 0 Å². The Balaban J connectivity index is 1.47. The van der Waals surface area contributed by atoms with Crippen molar-refractivity contribution in [3.8, 4) is 22.8 Å². The zero-order valence-electron chi connectivity index (χ0n) is 16.8. The Bertz CT molecular complexity index is 1260. The highest BCUT2D eigenvalue weighted by molar-refractivity contribution is 5.83. The molecule has 0 bridgehead atoms. The number of benzene rings is 2. The summed E-state index contributed by atoms with van der Waals surface area (Å²) in [6, 6.07) is 14.5. The van der Waals surface area contributed by atoms with Crippen LogP contribution >= 0.6 is 0 Å². The lowest BCUT2D eigenvalue weighted by Crippen LogP contribution is -2.16. The summed E-state index contributed by atoms with van der Waals surface area (Å²) >= 11 is 0. The molecule has 0 radical (unpaired) electrons. The number of nitrogens with zero attached hydrogens (tertiary/aromatic N) is 3. The number of hydrogen-bond donors (Lipinski definition) is 1. The number of rotatable bonds is 7. The van der Waals surface area contributed by atoms with Crippen molar-refractivity contribution in [1.82, 2.24) is 14.3 Å². The van der Waals surface area contributed by atoms with E-state index < -0.39 is 12.3 Å². The molecule has 166 valence electrons. The van der Waals surface area contributed by atoms with E-state index >= 15 is 0 Å². The fourth-order valence-electron chi connectivity index (χ4n) is 3.30. The van der Waals surface area contributed by atoms with Crippen LogP contribution < -0.4 is 9.47 Å². The highest BCUT2D eigenvalue weighted by atomic mass is 19.4. The molecule has 0 atom stereocenters. The van der Waals surface area contributed by atoms with Crippen LogP contribution in [0.25, 0.3) is 22.2 Å². The van der Waals surface area contributed by atoms with Gasteiger partial charge in [-0.1, -0.05) is 0 Å². The van der Waals surface area contributed by atoms with Crippen molar-refractivity contribution in [2.45, 2.75) is 19.5 Å². The Morgan fingerprint density at radius 2 is 1.78 bits per heavy atom. The van der Waals surface area contributed by atoms with Gasteiger partial charge in [-0.05, 0) is 53.9 Å². The molecule has 0 amide bonds. The SMILES string of the molecule is Cn1nc(-c2ccc(OC(F)(F)F)cc2)cc1COc1ccc2ccn(CC(=O)O)c2c1. The van der Waals surface area contributed by atoms with Crippen LogP contribution in [0.2, 0.25) is 0 Å². The predicted octanol–water partition coefficient (Wildman–Crippen LogP) is 4.60. The van der Waals surface area contributed by atoms with E-state index in [9.17, 15) is 18.0 Å². The molecule has 7 nitrogen and oxygen atoms in total. The first kappa shape index (κ1) is 21.3. The number of carboxylic acid groups (broad SMARTS) is 1. The van der Waals surface area contributed by atoms with Gasteiger partial charge in [-0.15, -0.1) is 13.2 Å². The summed E-state index contributed by atoms with van der Waals surface area (Å²) in [6.45, 7) is 0.0504. The second kappa shape index (κ2) is 8.29. The minimum absolute atomic E-state index is 0.148. The van der Waals surface area contributed by atoms with Crippen LogP contribution in [0.5, 0.6) is 11.5 Å². The molecule has 2 aromatic carbocycles. The average Bonchev–Trinajstić information content (AvgIpc) is 3.28. The normalized spacial score (nSPS) is 11.6. The molecule has 0 fully saturated rings. The van der Waals surface area contributed by atoms with Crippen molar-refractivity contribution < 1.29 is 32.5 Å². The van der Waals surface area contributed by atoms with E-state index in [1.165, 1.54) is 24.3 Å². The number of aromatic nitrogens is 3. The Morgan fingerprint density at radius 3 is 2.47 bits per heavy atom. The van der Waals surface area contributed by atoms with Crippen molar-refractivity contribution in [1.29, 1.82) is 0 Å². The predicted molar refractivity (Wildman–Crippen MR) is 109 cm³/mol. The van der Waals surface area contributed by atoms with Crippen LogP contribution in [-0.2, 0) is 25.0 Å². The maximum absolute atomic E-state index is 12.3. The van der Waals surface area contributed by atoms with Crippen LogP contribution in [0.4, 0.5) is 13.2 Å². The summed E-state index contributed by atoms with van der Waals surface area (Å²) in [5, 5.41) is 14.3. The molecule has 10 heteroatoms. The minimum Gasteiger partial charge on any atom is -0.487 e. The number of hydrogen-bond acceptors (Lipinski definition) is 4. The fraction of sp³-hybridized carbons (Fsp3) is 0.182. The highest BCUT2D eigenvalue weighted by Gasteiger charge is 2.31. The summed E-state index contributed by atoms with van der Waals surface area (Å²) in [5.41, 5.74) is 2.71. The molecule has 4 rings (SSSR count). The van der Waals surface area contributed by atoms with Crippen LogP contribution in [0.3, 0.4) is 0 Å². The second-order valence-electron chi connectivity index (χ2n) is 7.06. The second-order valence-corrected chi connectivity index (χ2v) is 7.06. The number of halogens is 3. The van der Waals surface area contributed by atoms with Gasteiger partial charge >= 0.3 is 12.3 Å². The zero-order valence-corrected chi connectivity index (χ0v) is 16.8. The molecular weight excluding hydrogens is 427 g/mol. The van der Waals surface area contributed by atoms with Gasteiger partial charge in [0, 0.05) is 24.9 Å². The summed E-state index contributed by atoms with van der Waals surface area (Å²) < 4.78 is 49.9. The van der Waals surface area contributed by atoms with Gasteiger partial charge in [0.2, 0.25) is 0 Å². The first-order chi connectivity index (χ1) is 15.2. The van der Waals surface area contributed by atoms with E-state index in [1.54, 1.807) is 40.7 Å². The van der Waals surface area contributed by atoms with Crippen molar-refractivity contribution in [2.24, 2.45) is 7.05 Å². The number of alkyl halides is 3. The van der Waals surface area contributed by atoms with Gasteiger partial charge in [-0.3, -0.25) is 9.48 Å². The molecule has 0 spiro atoms. The lowest BCUT2D eigenvalue weighted by Gasteiger charge is -2.08. The summed E-state index contributed by atoms with van der Waals surface area (Å²) in [6.07, 6.45) is -3.03. The number of ether oxygens (including phenoxy) is 2. The van der Waals surface area contributed by atoms with E-state index in [2.05, 4.69) is 9.84 Å². The molecule has 0 aliphatic carbocycles. The standard InChI is InChI=1S/C22H18F3N3O4/c1-27-16(10-19(26-27)14-2-5-17(6-3-14)32-22(23,24)25)13-31-18-7-4-15-8-9-28(12-21(29)30)20(15)11-18/h2-11H,12-13H2,1H3,(H,29,30). The lowest BCUT2D eigenvalue weighted by molar-refractivity contribution is -0.274. The molecular formula is C22H18F3N3O4. The molecule has 32 heavy (non-hydrogen) atoms. The summed E-state index contributed by atoms with van der Waals surface area (Å²) in [5.74, 6) is -0.669. The first-order valence-electron chi connectivity index (χ1n) is 9.50. The van der Waals surface area contributed by atoms with Gasteiger partial charge < -0.3 is 19.1 Å². The zero-order chi connectivity index (χ0) is 22.9. The number of aryl methyl sites for hydroxylation is 1. The maximum Gasteiger partial charge on any atom is 0.573 e. The van der Waals surface area contributed by atoms with Gasteiger partial charge in [0.15, 0.2) is 0 Å². The number of aliphatic carboxylic acids is 1. The van der Waals surface area contributed by atoms with E-state index in [1.807, 2.05) is 12.1 Å². The van der Waals surface area contributed by atoms with Gasteiger partial charge in [0.25, 0.3) is 0 Å². The van der Waals surface area contributed by atoms with E-state index in [0.29, 0.717) is 17.0 Å². The lowest BCUT2D eigenvalue weighted by atomic mass is 10.1. The number of carboxylic acids is 1. The third kappa shape index (κ3) is 4.85. The molecule has 0 aliphatic rings. The van der Waals surface area contributed by atoms with Crippen molar-refractivity contribution in [3.05, 3.63) is 66.5 Å². The van der Waals surface area contributed by atoms with Crippen LogP contribution in [0, 0.1) is 0 Å². The summed E-state index contributed by atoms with van der Waals surface area (Å²) in [4.78, 5) is 11.0. The number of carbonyl (C=O) groups is 1. The number of fused-ring (bicyclic) bond motifs is 1. The van der Waals surface area contributed by atoms with Gasteiger partial charge in [-0.2, -0.15) is 5.10 Å². The molecule has 0 aliphatic heterocycles. The molecule has 1 N–H and O–H groups in total. The first-order valence-corrected chi connectivity index (χ1v) is 9.50. The largest absolute Gasteiger partial charge is 0.573 e. The molecule has 0 saturated carbocycles. The van der Waals surface area contributed by atoms with Crippen molar-refractivity contribution in [2.75, 3.05) is 0 Å². The monoisotopic (exact) mass is 445 g/mol. The van der Waals surface area contributed by atoms with E-state index in [0.717, 1.165) is 16.6 Å². The third-order valence-electron chi connectivity index (χ3n) is 4.80. The molecule has 2 aromatic heterocycles. The van der Waals surface area contributed by atoms with Gasteiger partial charge in [0.1, 0.15) is 24.7 Å².